The Labute approximate surface area is 176 Å². The molecule has 0 spiro atoms. The van der Waals surface area contributed by atoms with Crippen LogP contribution in [-0.2, 0) is 17.6 Å². The SMILES string of the molecule is O=C(O)C1=Cc2cc(OC(F)(F)F)cc(CCc3ccccc3)c2OC1(Cl)C(F)(F)F. The van der Waals surface area contributed by atoms with Crippen molar-refractivity contribution in [2.45, 2.75) is 30.4 Å². The minimum Gasteiger partial charge on any atom is -0.478 e. The van der Waals surface area contributed by atoms with Crippen LogP contribution in [0.25, 0.3) is 6.08 Å². The van der Waals surface area contributed by atoms with E-state index >= 15 is 0 Å². The van der Waals surface area contributed by atoms with Gasteiger partial charge in [-0.25, -0.2) is 4.79 Å². The zero-order valence-corrected chi connectivity index (χ0v) is 16.1. The van der Waals surface area contributed by atoms with Crippen LogP contribution < -0.4 is 9.47 Å². The lowest BCUT2D eigenvalue weighted by atomic mass is 9.95. The molecule has 0 amide bonds. The third kappa shape index (κ3) is 4.90. The quantitative estimate of drug-likeness (QED) is 0.452. The number of rotatable bonds is 5. The minimum absolute atomic E-state index is 0.0253. The second-order valence-corrected chi connectivity index (χ2v) is 7.12. The molecule has 1 heterocycles. The Morgan fingerprint density at radius 3 is 2.26 bits per heavy atom. The Bertz CT molecular complexity index is 1020. The number of carboxylic acids is 1. The van der Waals surface area contributed by atoms with Gasteiger partial charge in [0.1, 0.15) is 17.1 Å². The molecule has 3 rings (SSSR count). The molecule has 1 atom stereocenters. The second-order valence-electron chi connectivity index (χ2n) is 6.59. The highest BCUT2D eigenvalue weighted by Gasteiger charge is 2.62. The van der Waals surface area contributed by atoms with Gasteiger partial charge in [0.05, 0.1) is 0 Å². The summed E-state index contributed by atoms with van der Waals surface area (Å²) in [6.45, 7) is 0. The van der Waals surface area contributed by atoms with Crippen molar-refractivity contribution >= 4 is 23.6 Å². The summed E-state index contributed by atoms with van der Waals surface area (Å²) in [5.41, 5.74) is -1.01. The van der Waals surface area contributed by atoms with Gasteiger partial charge in [-0.15, -0.1) is 13.2 Å². The molecule has 11 heteroatoms. The standard InChI is InChI=1S/C20H13ClF6O4/c21-18(19(22,23)24)15(17(28)29)10-13-9-14(30-20(25,26)27)8-12(16(13)31-18)7-6-11-4-2-1-3-5-11/h1-5,8-10H,6-7H2,(H,28,29). The average molecular weight is 467 g/mol. The van der Waals surface area contributed by atoms with Crippen LogP contribution in [0.4, 0.5) is 26.3 Å². The number of fused-ring (bicyclic) bond motifs is 1. The molecule has 1 N–H and O–H groups in total. The van der Waals surface area contributed by atoms with E-state index in [2.05, 4.69) is 4.74 Å². The number of carbonyl (C=O) groups is 1. The van der Waals surface area contributed by atoms with E-state index in [4.69, 9.17) is 16.3 Å². The lowest BCUT2D eigenvalue weighted by molar-refractivity contribution is -0.274. The van der Waals surface area contributed by atoms with Crippen LogP contribution in [0, 0.1) is 0 Å². The van der Waals surface area contributed by atoms with Crippen LogP contribution in [0.2, 0.25) is 0 Å². The Morgan fingerprint density at radius 2 is 1.71 bits per heavy atom. The molecule has 0 saturated heterocycles. The van der Waals surface area contributed by atoms with E-state index in [9.17, 15) is 36.2 Å². The first-order chi connectivity index (χ1) is 14.3. The number of aliphatic carboxylic acids is 1. The van der Waals surface area contributed by atoms with Gasteiger partial charge in [0.2, 0.25) is 0 Å². The van der Waals surface area contributed by atoms with E-state index in [0.717, 1.165) is 17.7 Å². The van der Waals surface area contributed by atoms with Gasteiger partial charge in [-0.3, -0.25) is 0 Å². The van der Waals surface area contributed by atoms with Gasteiger partial charge in [0, 0.05) is 5.56 Å². The summed E-state index contributed by atoms with van der Waals surface area (Å²) < 4.78 is 87.7. The second kappa shape index (κ2) is 7.99. The minimum atomic E-state index is -5.33. The van der Waals surface area contributed by atoms with Crippen molar-refractivity contribution in [3.63, 3.8) is 0 Å². The third-order valence-electron chi connectivity index (χ3n) is 4.41. The lowest BCUT2D eigenvalue weighted by Crippen LogP contribution is -2.50. The summed E-state index contributed by atoms with van der Waals surface area (Å²) in [6, 6.07) is 10.3. The first kappa shape index (κ1) is 22.8. The molecule has 2 aromatic carbocycles. The van der Waals surface area contributed by atoms with Crippen molar-refractivity contribution in [1.29, 1.82) is 0 Å². The molecule has 166 valence electrons. The number of halogens is 7. The highest BCUT2D eigenvalue weighted by Crippen LogP contribution is 2.50. The van der Waals surface area contributed by atoms with Crippen molar-refractivity contribution in [2.75, 3.05) is 0 Å². The molecule has 1 unspecified atom stereocenters. The van der Waals surface area contributed by atoms with Crippen molar-refractivity contribution in [3.05, 3.63) is 64.7 Å². The molecule has 0 bridgehead atoms. The van der Waals surface area contributed by atoms with Gasteiger partial charge in [0.15, 0.2) is 0 Å². The van der Waals surface area contributed by atoms with Crippen molar-refractivity contribution in [2.24, 2.45) is 0 Å². The van der Waals surface area contributed by atoms with Gasteiger partial charge < -0.3 is 14.6 Å². The Kier molecular flexibility index (Phi) is 5.88. The molecule has 0 fully saturated rings. The lowest BCUT2D eigenvalue weighted by Gasteiger charge is -2.35. The number of hydrogen-bond acceptors (Lipinski definition) is 3. The summed E-state index contributed by atoms with van der Waals surface area (Å²) >= 11 is 5.57. The number of benzene rings is 2. The summed E-state index contributed by atoms with van der Waals surface area (Å²) in [7, 11) is 0. The maximum absolute atomic E-state index is 13.6. The summed E-state index contributed by atoms with van der Waals surface area (Å²) in [4.78, 5) is 11.4. The molecule has 31 heavy (non-hydrogen) atoms. The molecular formula is C20H13ClF6O4. The Morgan fingerprint density at radius 1 is 1.06 bits per heavy atom. The topological polar surface area (TPSA) is 55.8 Å². The van der Waals surface area contributed by atoms with Gasteiger partial charge in [0.25, 0.3) is 0 Å². The van der Waals surface area contributed by atoms with E-state index in [1.807, 2.05) is 0 Å². The fraction of sp³-hybridized carbons (Fsp3) is 0.250. The smallest absolute Gasteiger partial charge is 0.478 e. The highest BCUT2D eigenvalue weighted by molar-refractivity contribution is 6.29. The zero-order valence-electron chi connectivity index (χ0n) is 15.4. The van der Waals surface area contributed by atoms with Crippen LogP contribution in [0.1, 0.15) is 16.7 Å². The average Bonchev–Trinajstić information content (AvgIpc) is 2.64. The number of carboxylic acid groups (broad SMARTS) is 1. The van der Waals surface area contributed by atoms with E-state index in [-0.39, 0.29) is 24.0 Å². The molecule has 2 aromatic rings. The van der Waals surface area contributed by atoms with E-state index in [1.165, 1.54) is 0 Å². The van der Waals surface area contributed by atoms with Crippen molar-refractivity contribution in [1.82, 2.24) is 0 Å². The summed E-state index contributed by atoms with van der Waals surface area (Å²) in [5, 5.41) is 5.49. The van der Waals surface area contributed by atoms with Crippen LogP contribution in [0.5, 0.6) is 11.5 Å². The molecule has 1 aliphatic heterocycles. The predicted octanol–water partition coefficient (Wildman–Crippen LogP) is 5.73. The summed E-state index contributed by atoms with van der Waals surface area (Å²) in [5.74, 6) is -3.23. The highest BCUT2D eigenvalue weighted by atomic mass is 35.5. The fourth-order valence-electron chi connectivity index (χ4n) is 3.07. The number of hydrogen-bond donors (Lipinski definition) is 1. The van der Waals surface area contributed by atoms with Crippen molar-refractivity contribution in [3.8, 4) is 11.5 Å². The van der Waals surface area contributed by atoms with E-state index in [0.29, 0.717) is 6.08 Å². The van der Waals surface area contributed by atoms with Crippen LogP contribution in [-0.4, -0.2) is 28.7 Å². The molecule has 0 aromatic heterocycles. The van der Waals surface area contributed by atoms with Crippen LogP contribution in [0.3, 0.4) is 0 Å². The molecule has 0 radical (unpaired) electrons. The van der Waals surface area contributed by atoms with Gasteiger partial charge in [-0.1, -0.05) is 41.9 Å². The molecule has 4 nitrogen and oxygen atoms in total. The van der Waals surface area contributed by atoms with E-state index < -0.39 is 40.6 Å². The number of aryl methyl sites for hydroxylation is 2. The molecule has 1 aliphatic rings. The van der Waals surface area contributed by atoms with Gasteiger partial charge in [-0.05, 0) is 42.2 Å². The fourth-order valence-corrected chi connectivity index (χ4v) is 3.28. The van der Waals surface area contributed by atoms with Gasteiger partial charge in [-0.2, -0.15) is 13.2 Å². The monoisotopic (exact) mass is 466 g/mol. The van der Waals surface area contributed by atoms with Gasteiger partial charge >= 0.3 is 23.6 Å². The molecule has 0 aliphatic carbocycles. The Balaban J connectivity index is 2.12. The zero-order chi connectivity index (χ0) is 23.0. The largest absolute Gasteiger partial charge is 0.573 e. The first-order valence-electron chi connectivity index (χ1n) is 8.67. The van der Waals surface area contributed by atoms with E-state index in [1.54, 1.807) is 30.3 Å². The van der Waals surface area contributed by atoms with Crippen LogP contribution in [0.15, 0.2) is 48.0 Å². The third-order valence-corrected chi connectivity index (χ3v) is 4.91. The normalized spacial score (nSPS) is 18.6. The predicted molar refractivity (Wildman–Crippen MR) is 97.9 cm³/mol. The maximum atomic E-state index is 13.6. The molecular weight excluding hydrogens is 454 g/mol. The first-order valence-corrected chi connectivity index (χ1v) is 9.04. The Hall–Kier alpha value is -2.88. The van der Waals surface area contributed by atoms with Crippen LogP contribution >= 0.6 is 11.6 Å². The number of ether oxygens (including phenoxy) is 2. The maximum Gasteiger partial charge on any atom is 0.573 e. The van der Waals surface area contributed by atoms with Crippen molar-refractivity contribution < 1.29 is 45.7 Å². The molecule has 0 saturated carbocycles. The summed E-state index contributed by atoms with van der Waals surface area (Å²) in [6.07, 6.45) is -9.63. The number of alkyl halides is 7.